The third-order valence-electron chi connectivity index (χ3n) is 4.13. The first-order chi connectivity index (χ1) is 9.28. The van der Waals surface area contributed by atoms with Crippen molar-refractivity contribution < 1.29 is 4.74 Å². The van der Waals surface area contributed by atoms with Gasteiger partial charge in [0.2, 0.25) is 0 Å². The molecule has 0 aromatic heterocycles. The van der Waals surface area contributed by atoms with Gasteiger partial charge in [0.25, 0.3) is 0 Å². The van der Waals surface area contributed by atoms with Crippen molar-refractivity contribution in [3.8, 4) is 0 Å². The van der Waals surface area contributed by atoms with Gasteiger partial charge in [-0.1, -0.05) is 17.7 Å². The molecule has 2 rings (SSSR count). The van der Waals surface area contributed by atoms with Crippen molar-refractivity contribution >= 4 is 0 Å². The topological polar surface area (TPSA) is 21.3 Å². The number of hydrogen-bond acceptors (Lipinski definition) is 2. The Morgan fingerprint density at radius 2 is 1.75 bits per heavy atom. The van der Waals surface area contributed by atoms with E-state index in [9.17, 15) is 0 Å². The van der Waals surface area contributed by atoms with Crippen LogP contribution in [0.4, 0.5) is 0 Å². The van der Waals surface area contributed by atoms with Crippen LogP contribution in [0.2, 0.25) is 0 Å². The van der Waals surface area contributed by atoms with Gasteiger partial charge in [-0.15, -0.1) is 0 Å². The molecule has 1 fully saturated rings. The van der Waals surface area contributed by atoms with E-state index in [1.807, 2.05) is 0 Å². The Hall–Kier alpha value is -0.860. The SMILES string of the molecule is Cc1cc(C)c(C2OCCC2CNC(C)(C)C)c(C)c1. The number of benzene rings is 1. The number of aryl methyl sites for hydroxylation is 3. The van der Waals surface area contributed by atoms with E-state index in [-0.39, 0.29) is 11.6 Å². The molecule has 0 amide bonds. The molecular weight excluding hydrogens is 246 g/mol. The average molecular weight is 275 g/mol. The minimum atomic E-state index is 0.171. The predicted molar refractivity (Wildman–Crippen MR) is 85.2 cm³/mol. The van der Waals surface area contributed by atoms with Crippen LogP contribution in [0.3, 0.4) is 0 Å². The van der Waals surface area contributed by atoms with Crippen molar-refractivity contribution in [2.24, 2.45) is 5.92 Å². The Morgan fingerprint density at radius 3 is 2.30 bits per heavy atom. The highest BCUT2D eigenvalue weighted by atomic mass is 16.5. The first kappa shape index (κ1) is 15.5. The maximum Gasteiger partial charge on any atom is 0.0871 e. The predicted octanol–water partition coefficient (Wildman–Crippen LogP) is 4.08. The average Bonchev–Trinajstić information content (AvgIpc) is 2.72. The van der Waals surface area contributed by atoms with Crippen LogP contribution in [0.1, 0.15) is 55.5 Å². The van der Waals surface area contributed by atoms with Gasteiger partial charge in [-0.2, -0.15) is 0 Å². The third-order valence-corrected chi connectivity index (χ3v) is 4.13. The molecule has 1 aromatic rings. The molecule has 1 N–H and O–H groups in total. The highest BCUT2D eigenvalue weighted by molar-refractivity contribution is 5.39. The summed E-state index contributed by atoms with van der Waals surface area (Å²) in [5, 5.41) is 3.63. The molecule has 0 spiro atoms. The highest BCUT2D eigenvalue weighted by Crippen LogP contribution is 2.38. The first-order valence-corrected chi connectivity index (χ1v) is 7.72. The van der Waals surface area contributed by atoms with Gasteiger partial charge in [-0.3, -0.25) is 0 Å². The lowest BCUT2D eigenvalue weighted by Gasteiger charge is -2.27. The Morgan fingerprint density at radius 1 is 1.15 bits per heavy atom. The van der Waals surface area contributed by atoms with Gasteiger partial charge in [0, 0.05) is 24.6 Å². The van der Waals surface area contributed by atoms with E-state index >= 15 is 0 Å². The molecule has 1 aliphatic heterocycles. The second-order valence-electron chi connectivity index (χ2n) is 7.28. The number of ether oxygens (including phenoxy) is 1. The quantitative estimate of drug-likeness (QED) is 0.897. The fourth-order valence-corrected chi connectivity index (χ4v) is 3.24. The maximum atomic E-state index is 6.08. The lowest BCUT2D eigenvalue weighted by atomic mass is 9.88. The molecule has 112 valence electrons. The van der Waals surface area contributed by atoms with Crippen LogP contribution in [0.15, 0.2) is 12.1 Å². The van der Waals surface area contributed by atoms with Gasteiger partial charge in [0.1, 0.15) is 0 Å². The highest BCUT2D eigenvalue weighted by Gasteiger charge is 2.32. The summed E-state index contributed by atoms with van der Waals surface area (Å²) in [5.74, 6) is 0.578. The van der Waals surface area contributed by atoms with Crippen LogP contribution in [-0.4, -0.2) is 18.7 Å². The van der Waals surface area contributed by atoms with Crippen molar-refractivity contribution in [1.82, 2.24) is 5.32 Å². The Kier molecular flexibility index (Phi) is 4.55. The summed E-state index contributed by atoms with van der Waals surface area (Å²) < 4.78 is 6.08. The summed E-state index contributed by atoms with van der Waals surface area (Å²) in [6.07, 6.45) is 1.41. The summed E-state index contributed by atoms with van der Waals surface area (Å²) in [7, 11) is 0. The number of hydrogen-bond donors (Lipinski definition) is 1. The summed E-state index contributed by atoms with van der Waals surface area (Å²) in [5.41, 5.74) is 5.66. The summed E-state index contributed by atoms with van der Waals surface area (Å²) in [4.78, 5) is 0. The second-order valence-corrected chi connectivity index (χ2v) is 7.28. The zero-order chi connectivity index (χ0) is 14.9. The van der Waals surface area contributed by atoms with E-state index in [0.29, 0.717) is 5.92 Å². The van der Waals surface area contributed by atoms with Crippen LogP contribution >= 0.6 is 0 Å². The number of rotatable bonds is 3. The lowest BCUT2D eigenvalue weighted by Crippen LogP contribution is -2.39. The van der Waals surface area contributed by atoms with Crippen LogP contribution < -0.4 is 5.32 Å². The molecule has 0 aliphatic carbocycles. The standard InChI is InChI=1S/C18H29NO/c1-12-9-13(2)16(14(3)10-12)17-15(7-8-20-17)11-19-18(4,5)6/h9-10,15,17,19H,7-8,11H2,1-6H3. The minimum absolute atomic E-state index is 0.171. The van der Waals surface area contributed by atoms with Crippen LogP contribution in [-0.2, 0) is 4.74 Å². The van der Waals surface area contributed by atoms with Crippen molar-refractivity contribution in [2.45, 2.75) is 59.6 Å². The molecule has 0 radical (unpaired) electrons. The zero-order valence-corrected chi connectivity index (χ0v) is 13.8. The largest absolute Gasteiger partial charge is 0.373 e. The second kappa shape index (κ2) is 5.87. The molecule has 0 saturated carbocycles. The normalized spacial score (nSPS) is 23.3. The molecule has 1 heterocycles. The fourth-order valence-electron chi connectivity index (χ4n) is 3.24. The van der Waals surface area contributed by atoms with Crippen LogP contribution in [0, 0.1) is 26.7 Å². The first-order valence-electron chi connectivity index (χ1n) is 7.72. The smallest absolute Gasteiger partial charge is 0.0871 e. The van der Waals surface area contributed by atoms with Gasteiger partial charge in [-0.25, -0.2) is 0 Å². The Balaban J connectivity index is 2.19. The minimum Gasteiger partial charge on any atom is -0.373 e. The summed E-state index contributed by atoms with van der Waals surface area (Å²) >= 11 is 0. The van der Waals surface area contributed by atoms with Crippen LogP contribution in [0.25, 0.3) is 0 Å². The molecule has 1 saturated heterocycles. The molecule has 2 unspecified atom stereocenters. The lowest BCUT2D eigenvalue weighted by molar-refractivity contribution is 0.0879. The van der Waals surface area contributed by atoms with Crippen molar-refractivity contribution in [3.05, 3.63) is 34.4 Å². The van der Waals surface area contributed by atoms with E-state index in [4.69, 9.17) is 4.74 Å². The van der Waals surface area contributed by atoms with E-state index in [0.717, 1.165) is 19.6 Å². The zero-order valence-electron chi connectivity index (χ0n) is 13.8. The molecule has 2 heteroatoms. The van der Waals surface area contributed by atoms with Gasteiger partial charge in [0.05, 0.1) is 6.10 Å². The maximum absolute atomic E-state index is 6.08. The molecule has 2 nitrogen and oxygen atoms in total. The van der Waals surface area contributed by atoms with Crippen molar-refractivity contribution in [3.63, 3.8) is 0 Å². The van der Waals surface area contributed by atoms with Crippen LogP contribution in [0.5, 0.6) is 0 Å². The van der Waals surface area contributed by atoms with Gasteiger partial charge >= 0.3 is 0 Å². The third kappa shape index (κ3) is 3.62. The van der Waals surface area contributed by atoms with Gasteiger partial charge in [0.15, 0.2) is 0 Å². The Bertz CT molecular complexity index is 450. The van der Waals surface area contributed by atoms with E-state index < -0.39 is 0 Å². The van der Waals surface area contributed by atoms with E-state index in [2.05, 4.69) is 59.0 Å². The van der Waals surface area contributed by atoms with Gasteiger partial charge in [-0.05, 0) is 64.7 Å². The molecule has 0 bridgehead atoms. The fraction of sp³-hybridized carbons (Fsp3) is 0.667. The molecule has 2 atom stereocenters. The summed E-state index contributed by atoms with van der Waals surface area (Å²) in [6, 6.07) is 4.55. The van der Waals surface area contributed by atoms with E-state index in [1.54, 1.807) is 0 Å². The Labute approximate surface area is 123 Å². The summed E-state index contributed by atoms with van der Waals surface area (Å²) in [6.45, 7) is 15.2. The van der Waals surface area contributed by atoms with Gasteiger partial charge < -0.3 is 10.1 Å². The monoisotopic (exact) mass is 275 g/mol. The number of nitrogens with one attached hydrogen (secondary N) is 1. The van der Waals surface area contributed by atoms with E-state index in [1.165, 1.54) is 22.3 Å². The molecular formula is C18H29NO. The molecule has 1 aliphatic rings. The van der Waals surface area contributed by atoms with Crippen molar-refractivity contribution in [2.75, 3.05) is 13.2 Å². The van der Waals surface area contributed by atoms with Crippen molar-refractivity contribution in [1.29, 1.82) is 0 Å². The molecule has 20 heavy (non-hydrogen) atoms. The molecule has 1 aromatic carbocycles.